The maximum atomic E-state index is 12.8. The van der Waals surface area contributed by atoms with Crippen molar-refractivity contribution < 1.29 is 37.7 Å². The summed E-state index contributed by atoms with van der Waals surface area (Å²) in [6, 6.07) is -0.932. The quantitative estimate of drug-likeness (QED) is 0.0170. The highest BCUT2D eigenvalue weighted by Gasteiger charge is 2.23. The molecule has 0 bridgehead atoms. The van der Waals surface area contributed by atoms with Gasteiger partial charge in [-0.15, -0.1) is 0 Å². The molecule has 0 aromatic rings. The molecular weight excluding hydrogens is 651 g/mol. The number of hydrogen-bond donors (Lipinski definition) is 2. The van der Waals surface area contributed by atoms with Crippen molar-refractivity contribution in [3.8, 4) is 0 Å². The third kappa shape index (κ3) is 33.3. The number of hydrogen-bond acceptors (Lipinski definition) is 7. The van der Waals surface area contributed by atoms with Gasteiger partial charge in [-0.2, -0.15) is 0 Å². The van der Waals surface area contributed by atoms with Crippen LogP contribution in [0.25, 0.3) is 0 Å². The summed E-state index contributed by atoms with van der Waals surface area (Å²) in [7, 11) is 1.18. The summed E-state index contributed by atoms with van der Waals surface area (Å²) < 4.78 is 23.0. The second-order valence-corrected chi connectivity index (χ2v) is 15.7. The van der Waals surface area contributed by atoms with E-state index in [9.17, 15) is 24.2 Å². The molecule has 0 fully saturated rings. The molecule has 50 heavy (non-hydrogen) atoms. The topological polar surface area (TPSA) is 125 Å². The Kier molecular flexibility index (Phi) is 30.6. The second-order valence-electron chi connectivity index (χ2n) is 14.3. The SMILES string of the molecule is CCCCCCCC/C=C\CC/C=C/[C@@H](O)[C@H](COP(=O)([O-])OCC[N+](C)(C)C)NC(=O)CCCCCCC/C=C\C=C\C(=O)CCCCC. The van der Waals surface area contributed by atoms with E-state index in [4.69, 9.17) is 9.05 Å². The maximum Gasteiger partial charge on any atom is 0.268 e. The fourth-order valence-electron chi connectivity index (χ4n) is 5.03. The van der Waals surface area contributed by atoms with Crippen LogP contribution in [0.2, 0.25) is 0 Å². The van der Waals surface area contributed by atoms with Crippen molar-refractivity contribution in [1.82, 2.24) is 5.32 Å². The Morgan fingerprint density at radius 2 is 1.30 bits per heavy atom. The van der Waals surface area contributed by atoms with E-state index in [-0.39, 0.29) is 24.7 Å². The first-order valence-corrected chi connectivity index (χ1v) is 20.9. The van der Waals surface area contributed by atoms with Crippen molar-refractivity contribution in [2.24, 2.45) is 0 Å². The van der Waals surface area contributed by atoms with Gasteiger partial charge in [-0.1, -0.05) is 121 Å². The van der Waals surface area contributed by atoms with Gasteiger partial charge in [0.25, 0.3) is 7.82 Å². The van der Waals surface area contributed by atoms with E-state index in [1.807, 2.05) is 39.4 Å². The number of phosphoric ester groups is 1. The number of allylic oxidation sites excluding steroid dienone is 7. The van der Waals surface area contributed by atoms with Gasteiger partial charge in [0, 0.05) is 12.8 Å². The Morgan fingerprint density at radius 1 is 0.740 bits per heavy atom. The molecule has 0 aromatic heterocycles. The van der Waals surface area contributed by atoms with Crippen molar-refractivity contribution in [2.75, 3.05) is 40.9 Å². The number of nitrogens with one attached hydrogen (secondary N) is 1. The molecule has 2 N–H and O–H groups in total. The zero-order chi connectivity index (χ0) is 37.4. The lowest BCUT2D eigenvalue weighted by molar-refractivity contribution is -0.870. The molecule has 1 amide bonds. The number of likely N-dealkylation sites (N-methyl/N-ethyl adjacent to an activating group) is 1. The lowest BCUT2D eigenvalue weighted by atomic mass is 10.1. The van der Waals surface area contributed by atoms with E-state index in [1.54, 1.807) is 12.2 Å². The molecular formula is C40H73N2O7P. The molecule has 0 saturated carbocycles. The number of unbranched alkanes of at least 4 members (excludes halogenated alkanes) is 14. The molecule has 0 rings (SSSR count). The molecule has 0 radical (unpaired) electrons. The van der Waals surface area contributed by atoms with Crippen LogP contribution < -0.4 is 10.2 Å². The van der Waals surface area contributed by atoms with Gasteiger partial charge >= 0.3 is 0 Å². The van der Waals surface area contributed by atoms with E-state index >= 15 is 0 Å². The van der Waals surface area contributed by atoms with Crippen molar-refractivity contribution in [3.63, 3.8) is 0 Å². The van der Waals surface area contributed by atoms with E-state index < -0.39 is 26.6 Å². The number of ketones is 1. The van der Waals surface area contributed by atoms with E-state index in [0.29, 0.717) is 23.9 Å². The van der Waals surface area contributed by atoms with Crippen LogP contribution in [-0.4, -0.2) is 74.3 Å². The van der Waals surface area contributed by atoms with Gasteiger partial charge in [0.05, 0.1) is 39.9 Å². The molecule has 290 valence electrons. The predicted octanol–water partition coefficient (Wildman–Crippen LogP) is 8.68. The van der Waals surface area contributed by atoms with Crippen molar-refractivity contribution in [2.45, 2.75) is 154 Å². The minimum absolute atomic E-state index is 0.0241. The molecule has 3 atom stereocenters. The standard InChI is InChI=1S/C40H73N2O7P/c1-6-8-10-11-12-13-14-15-18-21-24-28-32-39(44)38(36-49-50(46,47)48-35-34-42(3,4)5)41-40(45)33-29-25-22-19-16-17-20-23-27-31-37(43)30-26-9-7-2/h15,18,20,23,27-28,31-32,38-39,44H,6-14,16-17,19,21-22,24-26,29-30,33-36H2,1-5H3,(H-,41,45,46,47)/b18-15-,23-20-,31-27+,32-28+/t38-,39+/m0/s1. The fraction of sp³-hybridized carbons (Fsp3) is 0.750. The highest BCUT2D eigenvalue weighted by Crippen LogP contribution is 2.38. The zero-order valence-corrected chi connectivity index (χ0v) is 33.2. The molecule has 0 aliphatic carbocycles. The van der Waals surface area contributed by atoms with Gasteiger partial charge in [0.1, 0.15) is 13.2 Å². The van der Waals surface area contributed by atoms with Gasteiger partial charge in [0.2, 0.25) is 5.91 Å². The summed E-state index contributed by atoms with van der Waals surface area (Å²) in [5, 5.41) is 13.6. The highest BCUT2D eigenvalue weighted by atomic mass is 31.2. The first-order valence-electron chi connectivity index (χ1n) is 19.5. The van der Waals surface area contributed by atoms with Crippen molar-refractivity contribution >= 4 is 19.5 Å². The van der Waals surface area contributed by atoms with Crippen LogP contribution in [0.15, 0.2) is 48.6 Å². The predicted molar refractivity (Wildman–Crippen MR) is 206 cm³/mol. The lowest BCUT2D eigenvalue weighted by Gasteiger charge is -2.29. The molecule has 9 nitrogen and oxygen atoms in total. The van der Waals surface area contributed by atoms with Crippen LogP contribution in [0, 0.1) is 0 Å². The number of nitrogens with zero attached hydrogens (tertiary/aromatic N) is 1. The Morgan fingerprint density at radius 3 is 1.98 bits per heavy atom. The Balaban J connectivity index is 4.65. The normalized spacial score (nSPS) is 15.0. The third-order valence-corrected chi connectivity index (χ3v) is 9.20. The number of carbonyl (C=O) groups excluding carboxylic acids is 2. The largest absolute Gasteiger partial charge is 0.756 e. The lowest BCUT2D eigenvalue weighted by Crippen LogP contribution is -2.45. The smallest absolute Gasteiger partial charge is 0.268 e. The van der Waals surface area contributed by atoms with E-state index in [0.717, 1.165) is 70.6 Å². The molecule has 1 unspecified atom stereocenters. The first-order chi connectivity index (χ1) is 23.9. The Hall–Kier alpha value is -1.87. The number of aliphatic hydroxyl groups is 1. The van der Waals surface area contributed by atoms with Crippen LogP contribution >= 0.6 is 7.82 Å². The number of amides is 1. The summed E-state index contributed by atoms with van der Waals surface area (Å²) in [4.78, 5) is 36.9. The Labute approximate surface area is 305 Å². The Bertz CT molecular complexity index is 1020. The van der Waals surface area contributed by atoms with Crippen molar-refractivity contribution in [1.29, 1.82) is 0 Å². The second kappa shape index (κ2) is 31.8. The van der Waals surface area contributed by atoms with Crippen LogP contribution in [0.4, 0.5) is 0 Å². The fourth-order valence-corrected chi connectivity index (χ4v) is 5.75. The summed E-state index contributed by atoms with van der Waals surface area (Å²) in [6.45, 7) is 4.38. The number of quaternary nitrogens is 1. The molecule has 10 heteroatoms. The number of carbonyl (C=O) groups is 2. The zero-order valence-electron chi connectivity index (χ0n) is 32.3. The van der Waals surface area contributed by atoms with E-state index in [1.165, 1.54) is 38.5 Å². The van der Waals surface area contributed by atoms with Gasteiger partial charge in [0.15, 0.2) is 5.78 Å². The van der Waals surface area contributed by atoms with E-state index in [2.05, 4.69) is 37.4 Å². The molecule has 0 aromatic carbocycles. The van der Waals surface area contributed by atoms with Crippen LogP contribution in [-0.2, 0) is 23.2 Å². The molecule has 0 saturated heterocycles. The number of aliphatic hydroxyl groups excluding tert-OH is 1. The highest BCUT2D eigenvalue weighted by molar-refractivity contribution is 7.45. The van der Waals surface area contributed by atoms with Crippen LogP contribution in [0.5, 0.6) is 0 Å². The number of rotatable bonds is 34. The first kappa shape index (κ1) is 48.1. The number of phosphoric acid groups is 1. The monoisotopic (exact) mass is 725 g/mol. The summed E-state index contributed by atoms with van der Waals surface area (Å²) >= 11 is 0. The van der Waals surface area contributed by atoms with Crippen LogP contribution in [0.1, 0.15) is 142 Å². The molecule has 0 heterocycles. The average Bonchev–Trinajstić information content (AvgIpc) is 3.05. The maximum absolute atomic E-state index is 12.8. The van der Waals surface area contributed by atoms with Crippen molar-refractivity contribution in [3.05, 3.63) is 48.6 Å². The summed E-state index contributed by atoms with van der Waals surface area (Å²) in [5.74, 6) is -0.0750. The van der Waals surface area contributed by atoms with Gasteiger partial charge in [-0.25, -0.2) is 0 Å². The van der Waals surface area contributed by atoms with Gasteiger partial charge in [-0.3, -0.25) is 14.2 Å². The molecule has 0 aliphatic rings. The molecule has 0 aliphatic heterocycles. The van der Waals surface area contributed by atoms with Gasteiger partial charge in [-0.05, 0) is 57.4 Å². The summed E-state index contributed by atoms with van der Waals surface area (Å²) in [5.41, 5.74) is 0. The minimum atomic E-state index is -4.61. The van der Waals surface area contributed by atoms with Crippen LogP contribution in [0.3, 0.4) is 0 Å². The van der Waals surface area contributed by atoms with Gasteiger partial charge < -0.3 is 28.8 Å². The third-order valence-electron chi connectivity index (χ3n) is 8.24. The molecule has 0 spiro atoms. The summed E-state index contributed by atoms with van der Waals surface area (Å²) in [6.07, 6.45) is 34.2. The minimum Gasteiger partial charge on any atom is -0.756 e. The average molecular weight is 725 g/mol.